The summed E-state index contributed by atoms with van der Waals surface area (Å²) in [4.78, 5) is 19.3. The smallest absolute Gasteiger partial charge is 0.225 e. The van der Waals surface area contributed by atoms with E-state index in [1.54, 1.807) is 24.7 Å². The fraction of sp³-hybridized carbons (Fsp3) is 0.385. The van der Waals surface area contributed by atoms with Gasteiger partial charge in [-0.15, -0.1) is 0 Å². The molecule has 0 aromatic carbocycles. The zero-order chi connectivity index (χ0) is 13.1. The molecule has 0 atom stereocenters. The van der Waals surface area contributed by atoms with Gasteiger partial charge >= 0.3 is 0 Å². The molecule has 6 nitrogen and oxygen atoms in total. The molecule has 0 unspecified atom stereocenters. The first-order chi connectivity index (χ1) is 9.33. The Balaban J connectivity index is 1.82. The molecule has 6 heteroatoms. The molecule has 0 aliphatic carbocycles. The highest BCUT2D eigenvalue weighted by Crippen LogP contribution is 2.18. The third kappa shape index (κ3) is 2.62. The predicted molar refractivity (Wildman–Crippen MR) is 73.5 cm³/mol. The van der Waals surface area contributed by atoms with Crippen LogP contribution >= 0.6 is 0 Å². The van der Waals surface area contributed by atoms with Crippen LogP contribution in [0.15, 0.2) is 24.7 Å². The van der Waals surface area contributed by atoms with Gasteiger partial charge in [0, 0.05) is 31.7 Å². The maximum Gasteiger partial charge on any atom is 0.225 e. The Morgan fingerprint density at radius 1 is 1.00 bits per heavy atom. The second-order valence-electron chi connectivity index (χ2n) is 4.62. The van der Waals surface area contributed by atoms with Crippen LogP contribution in [0, 0.1) is 0 Å². The lowest BCUT2D eigenvalue weighted by molar-refractivity contribution is 0.568. The van der Waals surface area contributed by atoms with E-state index in [0.717, 1.165) is 24.6 Å². The molecule has 1 aliphatic heterocycles. The summed E-state index contributed by atoms with van der Waals surface area (Å²) >= 11 is 0. The standard InChI is InChI=1S/C13H16N6/c14-11-4-5-15-12(18-11)10-8-16-13(17-9-10)19-6-2-1-3-7-19/h4-5,8-9H,1-3,6-7H2,(H2,14,15,18). The molecule has 0 saturated carbocycles. The normalized spacial score (nSPS) is 15.5. The molecule has 3 heterocycles. The SMILES string of the molecule is Nc1ccnc(-c2cnc(N3CCCCC3)nc2)n1. The number of nitrogens with zero attached hydrogens (tertiary/aromatic N) is 5. The minimum atomic E-state index is 0.449. The van der Waals surface area contributed by atoms with Crippen LogP contribution in [0.25, 0.3) is 11.4 Å². The van der Waals surface area contributed by atoms with Gasteiger partial charge < -0.3 is 10.6 Å². The van der Waals surface area contributed by atoms with E-state index in [-0.39, 0.29) is 0 Å². The van der Waals surface area contributed by atoms with Crippen molar-refractivity contribution >= 4 is 11.8 Å². The summed E-state index contributed by atoms with van der Waals surface area (Å²) < 4.78 is 0. The highest BCUT2D eigenvalue weighted by Gasteiger charge is 2.13. The van der Waals surface area contributed by atoms with Crippen molar-refractivity contribution in [2.45, 2.75) is 19.3 Å². The predicted octanol–water partition coefficient (Wildman–Crippen LogP) is 1.51. The number of piperidine rings is 1. The Morgan fingerprint density at radius 2 is 1.74 bits per heavy atom. The van der Waals surface area contributed by atoms with Crippen LogP contribution in [0.2, 0.25) is 0 Å². The Kier molecular flexibility index (Phi) is 3.22. The van der Waals surface area contributed by atoms with Crippen LogP contribution in [0.4, 0.5) is 11.8 Å². The van der Waals surface area contributed by atoms with E-state index < -0.39 is 0 Å². The zero-order valence-electron chi connectivity index (χ0n) is 10.7. The molecular weight excluding hydrogens is 240 g/mol. The third-order valence-corrected chi connectivity index (χ3v) is 3.21. The first-order valence-corrected chi connectivity index (χ1v) is 6.49. The van der Waals surface area contributed by atoms with E-state index in [9.17, 15) is 0 Å². The molecule has 1 saturated heterocycles. The number of hydrogen-bond donors (Lipinski definition) is 1. The number of aromatic nitrogens is 4. The summed E-state index contributed by atoms with van der Waals surface area (Å²) in [5.41, 5.74) is 6.43. The second kappa shape index (κ2) is 5.17. The van der Waals surface area contributed by atoms with Crippen LogP contribution < -0.4 is 10.6 Å². The first kappa shape index (κ1) is 11.8. The molecule has 2 N–H and O–H groups in total. The topological polar surface area (TPSA) is 80.8 Å². The molecule has 0 radical (unpaired) electrons. The summed E-state index contributed by atoms with van der Waals surface area (Å²) in [6, 6.07) is 1.66. The number of rotatable bonds is 2. The van der Waals surface area contributed by atoms with Gasteiger partial charge in [0.2, 0.25) is 5.95 Å². The zero-order valence-corrected chi connectivity index (χ0v) is 10.7. The number of anilines is 2. The second-order valence-corrected chi connectivity index (χ2v) is 4.62. The quantitative estimate of drug-likeness (QED) is 0.877. The van der Waals surface area contributed by atoms with Crippen molar-refractivity contribution in [1.82, 2.24) is 19.9 Å². The molecule has 0 amide bonds. The third-order valence-electron chi connectivity index (χ3n) is 3.21. The van der Waals surface area contributed by atoms with Crippen LogP contribution in [0.5, 0.6) is 0 Å². The van der Waals surface area contributed by atoms with Gasteiger partial charge in [-0.1, -0.05) is 0 Å². The minimum absolute atomic E-state index is 0.449. The van der Waals surface area contributed by atoms with Crippen molar-refractivity contribution in [3.63, 3.8) is 0 Å². The molecule has 98 valence electrons. The van der Waals surface area contributed by atoms with E-state index in [1.165, 1.54) is 19.3 Å². The summed E-state index contributed by atoms with van der Waals surface area (Å²) in [5, 5.41) is 0. The molecule has 0 bridgehead atoms. The molecule has 1 aliphatic rings. The lowest BCUT2D eigenvalue weighted by Crippen LogP contribution is -2.30. The Bertz CT molecular complexity index is 547. The van der Waals surface area contributed by atoms with Crippen LogP contribution in [0.3, 0.4) is 0 Å². The Hall–Kier alpha value is -2.24. The minimum Gasteiger partial charge on any atom is -0.384 e. The number of nitrogens with two attached hydrogens (primary N) is 1. The van der Waals surface area contributed by atoms with E-state index >= 15 is 0 Å². The van der Waals surface area contributed by atoms with Crippen molar-refractivity contribution in [1.29, 1.82) is 0 Å². The first-order valence-electron chi connectivity index (χ1n) is 6.49. The van der Waals surface area contributed by atoms with Gasteiger partial charge in [0.05, 0.1) is 5.56 Å². The number of hydrogen-bond acceptors (Lipinski definition) is 6. The molecule has 2 aromatic heterocycles. The van der Waals surface area contributed by atoms with Crippen molar-refractivity contribution in [2.24, 2.45) is 0 Å². The fourth-order valence-corrected chi connectivity index (χ4v) is 2.21. The van der Waals surface area contributed by atoms with E-state index in [1.807, 2.05) is 0 Å². The van der Waals surface area contributed by atoms with Crippen molar-refractivity contribution in [3.8, 4) is 11.4 Å². The average Bonchev–Trinajstić information content (AvgIpc) is 2.48. The van der Waals surface area contributed by atoms with Crippen molar-refractivity contribution in [2.75, 3.05) is 23.7 Å². The van der Waals surface area contributed by atoms with E-state index in [0.29, 0.717) is 11.6 Å². The lowest BCUT2D eigenvalue weighted by atomic mass is 10.1. The monoisotopic (exact) mass is 256 g/mol. The Morgan fingerprint density at radius 3 is 2.42 bits per heavy atom. The lowest BCUT2D eigenvalue weighted by Gasteiger charge is -2.26. The van der Waals surface area contributed by atoms with Gasteiger partial charge in [-0.05, 0) is 25.3 Å². The highest BCUT2D eigenvalue weighted by atomic mass is 15.2. The van der Waals surface area contributed by atoms with Crippen molar-refractivity contribution < 1.29 is 0 Å². The molecule has 19 heavy (non-hydrogen) atoms. The van der Waals surface area contributed by atoms with Gasteiger partial charge in [0.25, 0.3) is 0 Å². The maximum absolute atomic E-state index is 5.64. The average molecular weight is 256 g/mol. The van der Waals surface area contributed by atoms with E-state index in [2.05, 4.69) is 24.8 Å². The van der Waals surface area contributed by atoms with Crippen LogP contribution in [0.1, 0.15) is 19.3 Å². The summed E-state index contributed by atoms with van der Waals surface area (Å²) in [7, 11) is 0. The summed E-state index contributed by atoms with van der Waals surface area (Å²) in [6.07, 6.45) is 8.87. The molecule has 1 fully saturated rings. The van der Waals surface area contributed by atoms with Crippen molar-refractivity contribution in [3.05, 3.63) is 24.7 Å². The van der Waals surface area contributed by atoms with Crippen LogP contribution in [-0.4, -0.2) is 33.0 Å². The largest absolute Gasteiger partial charge is 0.384 e. The summed E-state index contributed by atoms with van der Waals surface area (Å²) in [6.45, 7) is 2.07. The van der Waals surface area contributed by atoms with Gasteiger partial charge in [-0.25, -0.2) is 19.9 Å². The van der Waals surface area contributed by atoms with Crippen LogP contribution in [-0.2, 0) is 0 Å². The molecule has 2 aromatic rings. The fourth-order valence-electron chi connectivity index (χ4n) is 2.21. The number of nitrogen functional groups attached to an aromatic ring is 1. The maximum atomic E-state index is 5.64. The van der Waals surface area contributed by atoms with Gasteiger partial charge in [-0.2, -0.15) is 0 Å². The molecular formula is C13H16N6. The molecule has 3 rings (SSSR count). The Labute approximate surface area is 111 Å². The highest BCUT2D eigenvalue weighted by molar-refractivity contribution is 5.54. The summed E-state index contributed by atoms with van der Waals surface area (Å²) in [5.74, 6) is 1.79. The van der Waals surface area contributed by atoms with Gasteiger partial charge in [0.15, 0.2) is 5.82 Å². The molecule has 0 spiro atoms. The van der Waals surface area contributed by atoms with E-state index in [4.69, 9.17) is 5.73 Å². The van der Waals surface area contributed by atoms with Gasteiger partial charge in [0.1, 0.15) is 5.82 Å². The van der Waals surface area contributed by atoms with Gasteiger partial charge in [-0.3, -0.25) is 0 Å².